The first-order valence-corrected chi connectivity index (χ1v) is 20.1. The summed E-state index contributed by atoms with van der Waals surface area (Å²) >= 11 is 0. The highest BCUT2D eigenvalue weighted by Gasteiger charge is 2.32. The van der Waals surface area contributed by atoms with Crippen LogP contribution in [0.2, 0.25) is 0 Å². The number of halogens is 6. The maximum absolute atomic E-state index is 13.1. The summed E-state index contributed by atoms with van der Waals surface area (Å²) in [4.78, 5) is 68.7. The van der Waals surface area contributed by atoms with Crippen molar-refractivity contribution in [3.63, 3.8) is 0 Å². The van der Waals surface area contributed by atoms with Crippen LogP contribution in [0.5, 0.6) is 23.0 Å². The predicted octanol–water partition coefficient (Wildman–Crippen LogP) is 6.45. The third-order valence-corrected chi connectivity index (χ3v) is 10.4. The summed E-state index contributed by atoms with van der Waals surface area (Å²) in [5.41, 5.74) is 6.79. The van der Waals surface area contributed by atoms with Gasteiger partial charge in [0.05, 0.1) is 38.4 Å². The molecule has 6 aromatic rings. The number of Topliss-reactive ketones (excluding diaryl/α,β-unsaturated/α-hetero) is 1. The van der Waals surface area contributed by atoms with Gasteiger partial charge in [0.15, 0.2) is 0 Å². The number of nitrogens with zero attached hydrogens (tertiary/aromatic N) is 5. The number of aromatic nitrogens is 4. The molecule has 0 bridgehead atoms. The molecule has 0 unspecified atom stereocenters. The van der Waals surface area contributed by atoms with Crippen molar-refractivity contribution < 1.29 is 50.1 Å². The summed E-state index contributed by atoms with van der Waals surface area (Å²) in [6.45, 7) is 0.0444. The van der Waals surface area contributed by atoms with Crippen LogP contribution in [-0.2, 0) is 57.7 Å². The van der Waals surface area contributed by atoms with Gasteiger partial charge in [-0.1, -0.05) is 56.0 Å². The van der Waals surface area contributed by atoms with Crippen LogP contribution >= 0.6 is 0 Å². The van der Waals surface area contributed by atoms with Crippen molar-refractivity contribution in [1.82, 2.24) is 18.3 Å². The number of hydrogen-bond acceptors (Lipinski definition) is 11. The van der Waals surface area contributed by atoms with Gasteiger partial charge >= 0.3 is 24.1 Å². The van der Waals surface area contributed by atoms with E-state index in [0.717, 1.165) is 31.4 Å². The first kappa shape index (κ1) is 51.1. The predicted molar refractivity (Wildman–Crippen MR) is 240 cm³/mol. The zero-order valence-corrected chi connectivity index (χ0v) is 36.2. The molecule has 0 atom stereocenters. The molecular formula is C47H46F6N6O9. The summed E-state index contributed by atoms with van der Waals surface area (Å²) < 4.78 is 97.4. The monoisotopic (exact) mass is 952 g/mol. The van der Waals surface area contributed by atoms with Gasteiger partial charge in [0.2, 0.25) is 0 Å². The lowest BCUT2D eigenvalue weighted by Gasteiger charge is -2.14. The molecule has 68 heavy (non-hydrogen) atoms. The fourth-order valence-corrected chi connectivity index (χ4v) is 7.16. The van der Waals surface area contributed by atoms with Crippen LogP contribution in [0.15, 0.2) is 121 Å². The van der Waals surface area contributed by atoms with E-state index in [4.69, 9.17) is 15.2 Å². The van der Waals surface area contributed by atoms with E-state index in [2.05, 4.69) is 14.5 Å². The quantitative estimate of drug-likeness (QED) is 0.119. The van der Waals surface area contributed by atoms with E-state index in [-0.39, 0.29) is 68.3 Å². The summed E-state index contributed by atoms with van der Waals surface area (Å²) in [6, 6.07) is 24.4. The Morgan fingerprint density at radius 2 is 1.10 bits per heavy atom. The number of benzene rings is 4. The lowest BCUT2D eigenvalue weighted by atomic mass is 10.0. The fraction of sp³-hybridized carbons (Fsp3) is 0.277. The molecule has 15 nitrogen and oxygen atoms in total. The van der Waals surface area contributed by atoms with E-state index in [1.807, 2.05) is 0 Å². The SMILES string of the molecule is C.COc1ccc(Cn2c(=O)c(CC(=O)Cc3cccc(OC(F)(F)F)c3)c(N)n(C)c2=O)cc1.COc1ccc(Cn2c(=O)c3c(n(C)c2=O)N=C(Cc2cccc(OC(F)(F)F)c2)C3)cc1. The van der Waals surface area contributed by atoms with Crippen LogP contribution in [-0.4, -0.2) is 56.7 Å². The molecule has 4 aromatic carbocycles. The second-order valence-corrected chi connectivity index (χ2v) is 15.1. The standard InChI is InChI=1S/C23H22F3N3O5.C23H20F3N3O4.CH4/c1-28-20(27)19(12-16(30)10-15-4-3-5-18(11-15)34-23(24,25)26)21(31)29(22(28)32)13-14-6-8-17(33-2)9-7-14;1-28-20-19(21(30)29(22(28)31)13-14-6-8-17(32-2)9-7-14)12-16(27-20)10-15-4-3-5-18(11-15)33-23(24,25)26;/h3-9,11H,10,12-13,27H2,1-2H3;3-9,11H,10,12-13H2,1-2H3;1H4. The van der Waals surface area contributed by atoms with Crippen molar-refractivity contribution in [2.75, 3.05) is 20.0 Å². The number of carbonyl (C=O) groups is 1. The highest BCUT2D eigenvalue weighted by Crippen LogP contribution is 2.27. The second kappa shape index (κ2) is 21.2. The van der Waals surface area contributed by atoms with Gasteiger partial charge in [0.1, 0.15) is 40.4 Å². The number of ketones is 1. The lowest BCUT2D eigenvalue weighted by molar-refractivity contribution is -0.275. The van der Waals surface area contributed by atoms with E-state index in [9.17, 15) is 50.3 Å². The van der Waals surface area contributed by atoms with Crippen LogP contribution in [0.4, 0.5) is 38.0 Å². The topological polar surface area (TPSA) is 180 Å². The Kier molecular flexibility index (Phi) is 15.9. The van der Waals surface area contributed by atoms with Crippen molar-refractivity contribution in [3.8, 4) is 23.0 Å². The Balaban J connectivity index is 0.000000250. The molecule has 0 saturated carbocycles. The Morgan fingerprint density at radius 3 is 1.60 bits per heavy atom. The Hall–Kier alpha value is -7.84. The van der Waals surface area contributed by atoms with E-state index >= 15 is 0 Å². The van der Waals surface area contributed by atoms with Gasteiger partial charge in [-0.25, -0.2) is 14.6 Å². The van der Waals surface area contributed by atoms with Crippen LogP contribution < -0.4 is 47.2 Å². The molecule has 0 amide bonds. The number of fused-ring (bicyclic) bond motifs is 1. The number of nitrogens with two attached hydrogens (primary N) is 1. The molecule has 1 aliphatic heterocycles. The average Bonchev–Trinajstić information content (AvgIpc) is 3.70. The number of anilines is 1. The molecule has 3 heterocycles. The van der Waals surface area contributed by atoms with E-state index in [0.29, 0.717) is 33.9 Å². The number of rotatable bonds is 14. The molecule has 2 N–H and O–H groups in total. The van der Waals surface area contributed by atoms with Gasteiger partial charge in [-0.2, -0.15) is 0 Å². The number of hydrogen-bond donors (Lipinski definition) is 1. The van der Waals surface area contributed by atoms with Crippen LogP contribution in [0.3, 0.4) is 0 Å². The van der Waals surface area contributed by atoms with Crippen LogP contribution in [0, 0.1) is 0 Å². The highest BCUT2D eigenvalue weighted by atomic mass is 19.4. The van der Waals surface area contributed by atoms with Gasteiger partial charge in [-0.15, -0.1) is 26.3 Å². The van der Waals surface area contributed by atoms with Crippen molar-refractivity contribution in [1.29, 1.82) is 0 Å². The summed E-state index contributed by atoms with van der Waals surface area (Å²) in [7, 11) is 5.98. The first-order valence-electron chi connectivity index (χ1n) is 20.1. The van der Waals surface area contributed by atoms with Crippen molar-refractivity contribution in [2.45, 2.75) is 58.9 Å². The molecule has 2 aromatic heterocycles. The van der Waals surface area contributed by atoms with Gasteiger partial charge in [-0.3, -0.25) is 32.7 Å². The molecule has 0 radical (unpaired) electrons. The Bertz CT molecular complexity index is 3060. The minimum atomic E-state index is -4.86. The van der Waals surface area contributed by atoms with E-state index < -0.39 is 53.2 Å². The van der Waals surface area contributed by atoms with Crippen LogP contribution in [0.25, 0.3) is 0 Å². The second-order valence-electron chi connectivity index (χ2n) is 15.1. The zero-order chi connectivity index (χ0) is 48.8. The number of aliphatic imine (C=N–C) groups is 1. The minimum absolute atomic E-state index is 0. The van der Waals surface area contributed by atoms with Crippen molar-refractivity contribution in [2.24, 2.45) is 19.1 Å². The number of ether oxygens (including phenoxy) is 4. The molecule has 21 heteroatoms. The zero-order valence-electron chi connectivity index (χ0n) is 36.2. The molecule has 0 aliphatic carbocycles. The normalized spacial score (nSPS) is 11.9. The van der Waals surface area contributed by atoms with Gasteiger partial charge in [0, 0.05) is 45.5 Å². The first-order chi connectivity index (χ1) is 31.6. The van der Waals surface area contributed by atoms with E-state index in [1.165, 1.54) is 56.1 Å². The summed E-state index contributed by atoms with van der Waals surface area (Å²) in [5, 5.41) is 0. The third-order valence-electron chi connectivity index (χ3n) is 10.4. The smallest absolute Gasteiger partial charge is 0.497 e. The van der Waals surface area contributed by atoms with Gasteiger partial charge in [0.25, 0.3) is 11.1 Å². The number of alkyl halides is 6. The average molecular weight is 953 g/mol. The molecule has 0 spiro atoms. The highest BCUT2D eigenvalue weighted by molar-refractivity contribution is 5.94. The largest absolute Gasteiger partial charge is 0.573 e. The number of carbonyl (C=O) groups excluding carboxylic acids is 1. The maximum Gasteiger partial charge on any atom is 0.573 e. The van der Waals surface area contributed by atoms with Gasteiger partial charge in [-0.05, 0) is 70.8 Å². The lowest BCUT2D eigenvalue weighted by Crippen LogP contribution is -2.42. The summed E-state index contributed by atoms with van der Waals surface area (Å²) in [5.74, 6) is 0.138. The van der Waals surface area contributed by atoms with Crippen molar-refractivity contribution >= 4 is 23.1 Å². The molecule has 1 aliphatic rings. The fourth-order valence-electron chi connectivity index (χ4n) is 7.16. The number of nitrogen functional groups attached to an aromatic ring is 1. The summed E-state index contributed by atoms with van der Waals surface area (Å²) in [6.07, 6.45) is -9.88. The maximum atomic E-state index is 13.1. The van der Waals surface area contributed by atoms with Crippen molar-refractivity contribution in [3.05, 3.63) is 172 Å². The molecule has 7 rings (SSSR count). The van der Waals surface area contributed by atoms with Gasteiger partial charge < -0.3 is 24.7 Å². The minimum Gasteiger partial charge on any atom is -0.497 e. The van der Waals surface area contributed by atoms with E-state index in [1.54, 1.807) is 61.7 Å². The molecule has 0 saturated heterocycles. The molecular weight excluding hydrogens is 907 g/mol. The third kappa shape index (κ3) is 12.7. The Morgan fingerprint density at radius 1 is 0.632 bits per heavy atom. The van der Waals surface area contributed by atoms with Crippen LogP contribution in [0.1, 0.15) is 40.8 Å². The molecule has 360 valence electrons. The Labute approximate surface area is 383 Å². The number of methoxy groups -OCH3 is 2. The molecule has 0 fully saturated rings.